The lowest BCUT2D eigenvalue weighted by Crippen LogP contribution is -2.35. The maximum Gasteiger partial charge on any atom is 0.333 e. The van der Waals surface area contributed by atoms with E-state index < -0.39 is 21.3 Å². The van der Waals surface area contributed by atoms with Crippen molar-refractivity contribution in [2.75, 3.05) is 10.8 Å². The lowest BCUT2D eigenvalue weighted by atomic mass is 10.0. The summed E-state index contributed by atoms with van der Waals surface area (Å²) in [6.07, 6.45) is 2.83. The van der Waals surface area contributed by atoms with Crippen molar-refractivity contribution in [3.8, 4) is 5.69 Å². The Morgan fingerprint density at radius 2 is 1.79 bits per heavy atom. The Labute approximate surface area is 198 Å². The molecule has 1 aliphatic heterocycles. The molecule has 0 radical (unpaired) electrons. The molecule has 2 aromatic heterocycles. The normalized spacial score (nSPS) is 13.8. The lowest BCUT2D eigenvalue weighted by molar-refractivity contribution is 0.586. The molecule has 11 heteroatoms. The molecule has 5 rings (SSSR count). The van der Waals surface area contributed by atoms with Crippen LogP contribution >= 0.6 is 23.2 Å². The SMILES string of the molecule is O=c1[nH]c(=O)n(-c2cc(S(=O)(=O)N3CCCc4ccccc43)ccc2Cl)c2ccnc(Cl)c12. The van der Waals surface area contributed by atoms with Gasteiger partial charge in [0.2, 0.25) is 0 Å². The number of halogens is 2. The average Bonchev–Trinajstić information content (AvgIpc) is 2.79. The van der Waals surface area contributed by atoms with Crippen LogP contribution in [0.25, 0.3) is 16.6 Å². The molecule has 0 spiro atoms. The largest absolute Gasteiger partial charge is 0.333 e. The van der Waals surface area contributed by atoms with Crippen molar-refractivity contribution in [2.24, 2.45) is 0 Å². The number of rotatable bonds is 3. The highest BCUT2D eigenvalue weighted by Gasteiger charge is 2.30. The van der Waals surface area contributed by atoms with Gasteiger partial charge in [0.15, 0.2) is 0 Å². The van der Waals surface area contributed by atoms with Gasteiger partial charge in [-0.25, -0.2) is 18.2 Å². The second-order valence-electron chi connectivity index (χ2n) is 7.51. The van der Waals surface area contributed by atoms with Crippen molar-refractivity contribution in [1.29, 1.82) is 0 Å². The van der Waals surface area contributed by atoms with Gasteiger partial charge in [-0.15, -0.1) is 0 Å². The zero-order valence-corrected chi connectivity index (χ0v) is 19.3. The summed E-state index contributed by atoms with van der Waals surface area (Å²) in [7, 11) is -3.96. The Morgan fingerprint density at radius 1 is 1.00 bits per heavy atom. The van der Waals surface area contributed by atoms with Gasteiger partial charge >= 0.3 is 5.69 Å². The number of H-pyrrole nitrogens is 1. The molecule has 0 saturated carbocycles. The number of anilines is 1. The van der Waals surface area contributed by atoms with Crippen molar-refractivity contribution < 1.29 is 8.42 Å². The van der Waals surface area contributed by atoms with Crippen LogP contribution in [0.15, 0.2) is 69.2 Å². The van der Waals surface area contributed by atoms with E-state index in [1.54, 1.807) is 12.1 Å². The predicted octanol–water partition coefficient (Wildman–Crippen LogP) is 3.52. The van der Waals surface area contributed by atoms with Crippen molar-refractivity contribution in [3.05, 3.63) is 91.3 Å². The molecule has 0 fully saturated rings. The second-order valence-corrected chi connectivity index (χ2v) is 10.1. The fourth-order valence-electron chi connectivity index (χ4n) is 4.09. The first-order valence-electron chi connectivity index (χ1n) is 9.99. The van der Waals surface area contributed by atoms with Gasteiger partial charge in [0.25, 0.3) is 15.6 Å². The van der Waals surface area contributed by atoms with Crippen LogP contribution in [-0.2, 0) is 16.4 Å². The molecule has 2 aromatic carbocycles. The number of nitrogens with zero attached hydrogens (tertiary/aromatic N) is 3. The second kappa shape index (κ2) is 8.02. The standard InChI is InChI=1S/C22H16Cl2N4O4S/c23-15-8-7-14(33(31,32)27-11-3-5-13-4-1-2-6-16(13)27)12-18(15)28-17-9-10-25-20(24)19(17)21(29)26-22(28)30/h1-2,4,6-10,12H,3,5,11H2,(H,26,29,30). The highest BCUT2D eigenvalue weighted by Crippen LogP contribution is 2.33. The Bertz CT molecular complexity index is 1650. The first-order chi connectivity index (χ1) is 15.8. The van der Waals surface area contributed by atoms with Crippen molar-refractivity contribution in [3.63, 3.8) is 0 Å². The fourth-order valence-corrected chi connectivity index (χ4v) is 6.09. The number of fused-ring (bicyclic) bond motifs is 2. The molecule has 3 heterocycles. The van der Waals surface area contributed by atoms with Gasteiger partial charge in [-0.2, -0.15) is 0 Å². The third-order valence-electron chi connectivity index (χ3n) is 5.59. The molecule has 168 valence electrons. The number of sulfonamides is 1. The Morgan fingerprint density at radius 3 is 2.61 bits per heavy atom. The minimum absolute atomic E-state index is 0.00643. The Hall–Kier alpha value is -3.14. The number of hydrogen-bond acceptors (Lipinski definition) is 5. The smallest absolute Gasteiger partial charge is 0.273 e. The van der Waals surface area contributed by atoms with Crippen molar-refractivity contribution in [1.82, 2.24) is 14.5 Å². The summed E-state index contributed by atoms with van der Waals surface area (Å²) in [5.74, 6) is 0. The average molecular weight is 503 g/mol. The van der Waals surface area contributed by atoms with Gasteiger partial charge < -0.3 is 0 Å². The van der Waals surface area contributed by atoms with Gasteiger partial charge in [0.05, 0.1) is 26.8 Å². The molecule has 0 amide bonds. The van der Waals surface area contributed by atoms with E-state index in [4.69, 9.17) is 23.2 Å². The zero-order valence-electron chi connectivity index (χ0n) is 17.0. The molecule has 0 aliphatic carbocycles. The molecular weight excluding hydrogens is 487 g/mol. The Kier molecular flexibility index (Phi) is 5.27. The van der Waals surface area contributed by atoms with Gasteiger partial charge in [-0.3, -0.25) is 18.7 Å². The van der Waals surface area contributed by atoms with E-state index in [0.29, 0.717) is 18.7 Å². The molecule has 0 atom stereocenters. The molecular formula is C22H16Cl2N4O4S. The zero-order chi connectivity index (χ0) is 23.3. The lowest BCUT2D eigenvalue weighted by Gasteiger charge is -2.30. The Balaban J connectivity index is 1.73. The van der Waals surface area contributed by atoms with Crippen LogP contribution < -0.4 is 15.6 Å². The van der Waals surface area contributed by atoms with E-state index in [0.717, 1.165) is 16.6 Å². The molecule has 0 bridgehead atoms. The van der Waals surface area contributed by atoms with E-state index in [-0.39, 0.29) is 31.7 Å². The molecule has 1 N–H and O–H groups in total. The minimum Gasteiger partial charge on any atom is -0.273 e. The summed E-state index contributed by atoms with van der Waals surface area (Å²) in [5, 5.41) is 0.0248. The minimum atomic E-state index is -3.96. The topological polar surface area (TPSA) is 105 Å². The highest BCUT2D eigenvalue weighted by atomic mass is 35.5. The summed E-state index contributed by atoms with van der Waals surface area (Å²) in [5.41, 5.74) is 0.347. The summed E-state index contributed by atoms with van der Waals surface area (Å²) in [6, 6.07) is 12.9. The van der Waals surface area contributed by atoms with Gasteiger partial charge in [0, 0.05) is 12.7 Å². The van der Waals surface area contributed by atoms with Crippen LogP contribution in [0.3, 0.4) is 0 Å². The summed E-state index contributed by atoms with van der Waals surface area (Å²) < 4.78 is 29.7. The molecule has 8 nitrogen and oxygen atoms in total. The third-order valence-corrected chi connectivity index (χ3v) is 8.00. The van der Waals surface area contributed by atoms with E-state index in [1.807, 2.05) is 12.1 Å². The van der Waals surface area contributed by atoms with Gasteiger partial charge in [0.1, 0.15) is 10.5 Å². The van der Waals surface area contributed by atoms with Crippen LogP contribution in [0.2, 0.25) is 10.2 Å². The van der Waals surface area contributed by atoms with E-state index in [9.17, 15) is 18.0 Å². The van der Waals surface area contributed by atoms with E-state index >= 15 is 0 Å². The predicted molar refractivity (Wildman–Crippen MR) is 127 cm³/mol. The first-order valence-corrected chi connectivity index (χ1v) is 12.2. The number of aromatic amines is 1. The molecule has 0 saturated heterocycles. The number of pyridine rings is 1. The number of aryl methyl sites for hydroxylation is 1. The number of aromatic nitrogens is 3. The van der Waals surface area contributed by atoms with E-state index in [1.165, 1.54) is 34.8 Å². The van der Waals surface area contributed by atoms with Gasteiger partial charge in [-0.1, -0.05) is 41.4 Å². The van der Waals surface area contributed by atoms with Crippen molar-refractivity contribution in [2.45, 2.75) is 17.7 Å². The number of nitrogens with one attached hydrogen (secondary N) is 1. The number of hydrogen-bond donors (Lipinski definition) is 1. The van der Waals surface area contributed by atoms with Crippen molar-refractivity contribution >= 4 is 49.8 Å². The van der Waals surface area contributed by atoms with Crippen LogP contribution in [0, 0.1) is 0 Å². The monoisotopic (exact) mass is 502 g/mol. The first kappa shape index (κ1) is 21.7. The van der Waals surface area contributed by atoms with Crippen LogP contribution in [-0.4, -0.2) is 29.5 Å². The summed E-state index contributed by atoms with van der Waals surface area (Å²) in [4.78, 5) is 31.1. The number of benzene rings is 2. The maximum absolute atomic E-state index is 13.6. The molecule has 33 heavy (non-hydrogen) atoms. The van der Waals surface area contributed by atoms with Crippen LogP contribution in [0.4, 0.5) is 5.69 Å². The van der Waals surface area contributed by atoms with Crippen LogP contribution in [0.5, 0.6) is 0 Å². The fraction of sp³-hybridized carbons (Fsp3) is 0.136. The highest BCUT2D eigenvalue weighted by molar-refractivity contribution is 7.92. The van der Waals surface area contributed by atoms with E-state index in [2.05, 4.69) is 9.97 Å². The molecule has 0 unspecified atom stereocenters. The quantitative estimate of drug-likeness (QED) is 0.431. The molecule has 1 aliphatic rings. The third kappa shape index (κ3) is 3.52. The summed E-state index contributed by atoms with van der Waals surface area (Å²) in [6.45, 7) is 0.333. The van der Waals surface area contributed by atoms with Gasteiger partial charge in [-0.05, 0) is 48.7 Å². The number of para-hydroxylation sites is 1. The summed E-state index contributed by atoms with van der Waals surface area (Å²) >= 11 is 12.5. The molecule has 4 aromatic rings. The van der Waals surface area contributed by atoms with Crippen LogP contribution in [0.1, 0.15) is 12.0 Å². The maximum atomic E-state index is 13.6.